The van der Waals surface area contributed by atoms with E-state index in [1.165, 1.54) is 5.56 Å². The molecule has 0 aliphatic heterocycles. The van der Waals surface area contributed by atoms with Gasteiger partial charge in [0.05, 0.1) is 7.11 Å². The van der Waals surface area contributed by atoms with E-state index in [0.717, 1.165) is 18.6 Å². The molecule has 0 bridgehead atoms. The van der Waals surface area contributed by atoms with Gasteiger partial charge < -0.3 is 15.2 Å². The highest BCUT2D eigenvalue weighted by Crippen LogP contribution is 2.18. The summed E-state index contributed by atoms with van der Waals surface area (Å²) in [5.74, 6) is 0.941. The van der Waals surface area contributed by atoms with Gasteiger partial charge in [-0.1, -0.05) is 18.2 Å². The van der Waals surface area contributed by atoms with E-state index in [0.29, 0.717) is 12.1 Å². The fourth-order valence-corrected chi connectivity index (χ4v) is 2.02. The van der Waals surface area contributed by atoms with Crippen molar-refractivity contribution in [2.75, 3.05) is 13.7 Å². The van der Waals surface area contributed by atoms with Gasteiger partial charge in [0.15, 0.2) is 0 Å². The van der Waals surface area contributed by atoms with Crippen LogP contribution >= 0.6 is 0 Å². The minimum Gasteiger partial charge on any atom is -0.496 e. The number of aliphatic hydroxyl groups is 1. The molecule has 1 rings (SSSR count). The van der Waals surface area contributed by atoms with Crippen molar-refractivity contribution in [3.63, 3.8) is 0 Å². The molecular weight excluding hydrogens is 214 g/mol. The molecule has 0 spiro atoms. The van der Waals surface area contributed by atoms with Crippen molar-refractivity contribution in [3.05, 3.63) is 29.8 Å². The third-order valence-corrected chi connectivity index (χ3v) is 2.85. The molecule has 0 amide bonds. The van der Waals surface area contributed by atoms with Crippen LogP contribution in [0.5, 0.6) is 5.75 Å². The number of ether oxygens (including phenoxy) is 1. The van der Waals surface area contributed by atoms with Crippen LogP contribution in [0, 0.1) is 0 Å². The van der Waals surface area contributed by atoms with E-state index in [-0.39, 0.29) is 6.61 Å². The van der Waals surface area contributed by atoms with E-state index < -0.39 is 0 Å². The molecule has 1 aromatic carbocycles. The largest absolute Gasteiger partial charge is 0.496 e. The molecule has 96 valence electrons. The van der Waals surface area contributed by atoms with Gasteiger partial charge in [0.25, 0.3) is 0 Å². The number of rotatable bonds is 7. The standard InChI is InChI=1S/C14H23NO2/c1-11(8-9-16)15-12(2)10-13-6-4-5-7-14(13)17-3/h4-7,11-12,15-16H,8-10H2,1-3H3/t11-,12?/m1/s1. The molecular formula is C14H23NO2. The second-order valence-electron chi connectivity index (χ2n) is 4.50. The third kappa shape index (κ3) is 4.75. The predicted molar refractivity (Wildman–Crippen MR) is 70.5 cm³/mol. The lowest BCUT2D eigenvalue weighted by Crippen LogP contribution is -2.36. The molecule has 3 heteroatoms. The average Bonchev–Trinajstić information content (AvgIpc) is 2.29. The van der Waals surface area contributed by atoms with Crippen LogP contribution in [-0.4, -0.2) is 30.9 Å². The number of benzene rings is 1. The van der Waals surface area contributed by atoms with Crippen LogP contribution in [-0.2, 0) is 6.42 Å². The number of aliphatic hydroxyl groups excluding tert-OH is 1. The summed E-state index contributed by atoms with van der Waals surface area (Å²) in [4.78, 5) is 0. The Hall–Kier alpha value is -1.06. The summed E-state index contributed by atoms with van der Waals surface area (Å²) < 4.78 is 5.33. The number of hydrogen-bond donors (Lipinski definition) is 2. The molecule has 3 nitrogen and oxygen atoms in total. The van der Waals surface area contributed by atoms with Gasteiger partial charge in [0, 0.05) is 18.7 Å². The Morgan fingerprint density at radius 2 is 1.94 bits per heavy atom. The topological polar surface area (TPSA) is 41.5 Å². The van der Waals surface area contributed by atoms with Crippen LogP contribution in [0.3, 0.4) is 0 Å². The van der Waals surface area contributed by atoms with Crippen LogP contribution < -0.4 is 10.1 Å². The highest BCUT2D eigenvalue weighted by molar-refractivity contribution is 5.33. The van der Waals surface area contributed by atoms with E-state index >= 15 is 0 Å². The molecule has 2 N–H and O–H groups in total. The summed E-state index contributed by atoms with van der Waals surface area (Å²) in [6.45, 7) is 4.48. The maximum Gasteiger partial charge on any atom is 0.122 e. The highest BCUT2D eigenvalue weighted by Gasteiger charge is 2.10. The van der Waals surface area contributed by atoms with Gasteiger partial charge in [-0.25, -0.2) is 0 Å². The van der Waals surface area contributed by atoms with Gasteiger partial charge in [-0.3, -0.25) is 0 Å². The van der Waals surface area contributed by atoms with Crippen molar-refractivity contribution in [1.29, 1.82) is 0 Å². The first-order chi connectivity index (χ1) is 8.17. The molecule has 0 fully saturated rings. The summed E-state index contributed by atoms with van der Waals surface area (Å²) in [6.07, 6.45) is 1.72. The number of nitrogens with one attached hydrogen (secondary N) is 1. The Kier molecular flexibility index (Phi) is 6.01. The van der Waals surface area contributed by atoms with Crippen molar-refractivity contribution in [2.24, 2.45) is 0 Å². The molecule has 0 saturated heterocycles. The minimum absolute atomic E-state index is 0.232. The van der Waals surface area contributed by atoms with Gasteiger partial charge in [0.1, 0.15) is 5.75 Å². The maximum atomic E-state index is 8.86. The Balaban J connectivity index is 2.52. The van der Waals surface area contributed by atoms with Crippen molar-refractivity contribution < 1.29 is 9.84 Å². The first kappa shape index (κ1) is 14.0. The molecule has 0 saturated carbocycles. The second kappa shape index (κ2) is 7.30. The van der Waals surface area contributed by atoms with Gasteiger partial charge in [-0.05, 0) is 38.3 Å². The molecule has 1 unspecified atom stereocenters. The lowest BCUT2D eigenvalue weighted by atomic mass is 10.0. The molecule has 0 heterocycles. The van der Waals surface area contributed by atoms with Crippen LogP contribution in [0.25, 0.3) is 0 Å². The Labute approximate surface area is 104 Å². The zero-order valence-electron chi connectivity index (χ0n) is 10.9. The third-order valence-electron chi connectivity index (χ3n) is 2.85. The first-order valence-electron chi connectivity index (χ1n) is 6.16. The fraction of sp³-hybridized carbons (Fsp3) is 0.571. The number of hydrogen-bond acceptors (Lipinski definition) is 3. The smallest absolute Gasteiger partial charge is 0.122 e. The van der Waals surface area contributed by atoms with Crippen molar-refractivity contribution in [1.82, 2.24) is 5.32 Å². The highest BCUT2D eigenvalue weighted by atomic mass is 16.5. The summed E-state index contributed by atoms with van der Waals surface area (Å²) >= 11 is 0. The zero-order valence-corrected chi connectivity index (χ0v) is 10.9. The van der Waals surface area contributed by atoms with Crippen LogP contribution in [0.2, 0.25) is 0 Å². The maximum absolute atomic E-state index is 8.86. The summed E-state index contributed by atoms with van der Waals surface area (Å²) in [6, 6.07) is 8.79. The molecule has 0 aromatic heterocycles. The molecule has 1 aromatic rings. The quantitative estimate of drug-likeness (QED) is 0.762. The predicted octanol–water partition coefficient (Wildman–Crippen LogP) is 1.99. The molecule has 0 radical (unpaired) electrons. The summed E-state index contributed by atoms with van der Waals surface area (Å²) in [7, 11) is 1.70. The summed E-state index contributed by atoms with van der Waals surface area (Å²) in [5.41, 5.74) is 1.21. The van der Waals surface area contributed by atoms with E-state index in [2.05, 4.69) is 25.2 Å². The summed E-state index contributed by atoms with van der Waals surface area (Å²) in [5, 5.41) is 12.3. The average molecular weight is 237 g/mol. The molecule has 17 heavy (non-hydrogen) atoms. The van der Waals surface area contributed by atoms with Gasteiger partial charge >= 0.3 is 0 Å². The van der Waals surface area contributed by atoms with Gasteiger partial charge in [-0.15, -0.1) is 0 Å². The van der Waals surface area contributed by atoms with Crippen molar-refractivity contribution >= 4 is 0 Å². The second-order valence-corrected chi connectivity index (χ2v) is 4.50. The van der Waals surface area contributed by atoms with Crippen LogP contribution in [0.1, 0.15) is 25.8 Å². The number of para-hydroxylation sites is 1. The first-order valence-corrected chi connectivity index (χ1v) is 6.16. The van der Waals surface area contributed by atoms with Gasteiger partial charge in [-0.2, -0.15) is 0 Å². The van der Waals surface area contributed by atoms with Crippen LogP contribution in [0.15, 0.2) is 24.3 Å². The SMILES string of the molecule is COc1ccccc1CC(C)N[C@H](C)CCO. The number of methoxy groups -OCH3 is 1. The fourth-order valence-electron chi connectivity index (χ4n) is 2.02. The monoisotopic (exact) mass is 237 g/mol. The van der Waals surface area contributed by atoms with Crippen molar-refractivity contribution in [3.8, 4) is 5.75 Å². The van der Waals surface area contributed by atoms with Crippen LogP contribution in [0.4, 0.5) is 0 Å². The molecule has 0 aliphatic rings. The van der Waals surface area contributed by atoms with E-state index in [9.17, 15) is 0 Å². The molecule has 2 atom stereocenters. The Morgan fingerprint density at radius 1 is 1.24 bits per heavy atom. The lowest BCUT2D eigenvalue weighted by Gasteiger charge is -2.20. The van der Waals surface area contributed by atoms with Gasteiger partial charge in [0.2, 0.25) is 0 Å². The van der Waals surface area contributed by atoms with E-state index in [1.54, 1.807) is 7.11 Å². The Morgan fingerprint density at radius 3 is 2.59 bits per heavy atom. The zero-order chi connectivity index (χ0) is 12.7. The minimum atomic E-state index is 0.232. The van der Waals surface area contributed by atoms with Crippen molar-refractivity contribution in [2.45, 2.75) is 38.8 Å². The normalized spacial score (nSPS) is 14.4. The van der Waals surface area contributed by atoms with E-state index in [4.69, 9.17) is 9.84 Å². The lowest BCUT2D eigenvalue weighted by molar-refractivity contribution is 0.264. The Bertz CT molecular complexity index is 328. The molecule has 0 aliphatic carbocycles. The van der Waals surface area contributed by atoms with E-state index in [1.807, 2.05) is 18.2 Å².